The van der Waals surface area contributed by atoms with Crippen molar-refractivity contribution in [3.8, 4) is 0 Å². The molecule has 1 saturated heterocycles. The molecule has 0 aliphatic carbocycles. The maximum atomic E-state index is 11.6. The van der Waals surface area contributed by atoms with Crippen molar-refractivity contribution in [1.29, 1.82) is 0 Å². The molecule has 2 rings (SSSR count). The van der Waals surface area contributed by atoms with Crippen LogP contribution in [-0.2, 0) is 16.4 Å². The molecule has 1 aliphatic heterocycles. The van der Waals surface area contributed by atoms with E-state index in [1.165, 1.54) is 0 Å². The Morgan fingerprint density at radius 1 is 1.37 bits per heavy atom. The maximum absolute atomic E-state index is 11.6. The van der Waals surface area contributed by atoms with Crippen LogP contribution in [0.3, 0.4) is 0 Å². The first kappa shape index (κ1) is 14.8. The number of nitrogens with zero attached hydrogens (tertiary/aromatic N) is 1. The highest BCUT2D eigenvalue weighted by Gasteiger charge is 2.39. The van der Waals surface area contributed by atoms with Crippen LogP contribution in [0.15, 0.2) is 24.3 Å². The lowest BCUT2D eigenvalue weighted by molar-refractivity contribution is 0.0819. The molecule has 4 nitrogen and oxygen atoms in total. The van der Waals surface area contributed by atoms with E-state index in [-0.39, 0.29) is 17.5 Å². The fourth-order valence-electron chi connectivity index (χ4n) is 2.47. The normalized spacial score (nSPS) is 25.9. The van der Waals surface area contributed by atoms with Crippen LogP contribution in [0, 0.1) is 0 Å². The van der Waals surface area contributed by atoms with Crippen molar-refractivity contribution in [2.24, 2.45) is 0 Å². The number of likely N-dealkylation sites (N-methyl/N-ethyl adjacent to an activating group) is 1. The smallest absolute Gasteiger partial charge is 0.154 e. The number of halogens is 1. The topological polar surface area (TPSA) is 57.6 Å². The molecule has 1 aromatic rings. The second kappa shape index (κ2) is 5.79. The monoisotopic (exact) mass is 303 g/mol. The van der Waals surface area contributed by atoms with Gasteiger partial charge >= 0.3 is 0 Å². The van der Waals surface area contributed by atoms with Crippen molar-refractivity contribution < 1.29 is 13.5 Å². The summed E-state index contributed by atoms with van der Waals surface area (Å²) < 4.78 is 23.2. The highest BCUT2D eigenvalue weighted by molar-refractivity contribution is 7.91. The highest BCUT2D eigenvalue weighted by Crippen LogP contribution is 2.23. The number of benzene rings is 1. The van der Waals surface area contributed by atoms with Crippen molar-refractivity contribution >= 4 is 21.4 Å². The van der Waals surface area contributed by atoms with E-state index in [0.29, 0.717) is 18.1 Å². The van der Waals surface area contributed by atoms with Crippen LogP contribution in [0.2, 0.25) is 5.02 Å². The molecule has 1 aromatic carbocycles. The Kier molecular flexibility index (Phi) is 4.50. The zero-order valence-corrected chi connectivity index (χ0v) is 12.4. The van der Waals surface area contributed by atoms with Gasteiger partial charge in [-0.2, -0.15) is 0 Å². The summed E-state index contributed by atoms with van der Waals surface area (Å²) in [5, 5.41) is 10.6. The summed E-state index contributed by atoms with van der Waals surface area (Å²) in [6.07, 6.45) is -0.813. The first-order valence-corrected chi connectivity index (χ1v) is 8.49. The molecule has 6 heteroatoms. The van der Waals surface area contributed by atoms with E-state index in [1.807, 2.05) is 36.1 Å². The third-order valence-electron chi connectivity index (χ3n) is 3.50. The van der Waals surface area contributed by atoms with Crippen molar-refractivity contribution in [3.05, 3.63) is 34.9 Å². The number of aliphatic hydroxyl groups is 1. The Morgan fingerprint density at radius 2 is 2.05 bits per heavy atom. The minimum atomic E-state index is -3.13. The van der Waals surface area contributed by atoms with Gasteiger partial charge in [-0.15, -0.1) is 0 Å². The van der Waals surface area contributed by atoms with Gasteiger partial charge in [0.2, 0.25) is 0 Å². The molecule has 1 heterocycles. The second-order valence-corrected chi connectivity index (χ2v) is 7.43. The van der Waals surface area contributed by atoms with E-state index < -0.39 is 15.9 Å². The summed E-state index contributed by atoms with van der Waals surface area (Å²) in [6, 6.07) is 7.15. The van der Waals surface area contributed by atoms with E-state index in [2.05, 4.69) is 0 Å². The molecule has 1 N–H and O–H groups in total. The van der Waals surface area contributed by atoms with Crippen LogP contribution in [-0.4, -0.2) is 48.6 Å². The summed E-state index contributed by atoms with van der Waals surface area (Å²) in [7, 11) is -3.13. The van der Waals surface area contributed by atoms with Gasteiger partial charge in [-0.3, -0.25) is 4.90 Å². The Balaban J connectivity index is 2.16. The lowest BCUT2D eigenvalue weighted by atomic mass is 10.1. The van der Waals surface area contributed by atoms with Gasteiger partial charge in [-0.1, -0.05) is 36.7 Å². The molecule has 106 valence electrons. The quantitative estimate of drug-likeness (QED) is 0.911. The zero-order chi connectivity index (χ0) is 14.0. The fourth-order valence-corrected chi connectivity index (χ4v) is 4.50. The zero-order valence-electron chi connectivity index (χ0n) is 10.8. The third kappa shape index (κ3) is 3.48. The highest BCUT2D eigenvalue weighted by atomic mass is 35.5. The third-order valence-corrected chi connectivity index (χ3v) is 5.57. The van der Waals surface area contributed by atoms with Crippen molar-refractivity contribution in [1.82, 2.24) is 4.90 Å². The summed E-state index contributed by atoms with van der Waals surface area (Å²) in [5.74, 6) is -0.122. The Labute approximate surface area is 118 Å². The Hall–Kier alpha value is -0.620. The van der Waals surface area contributed by atoms with Crippen LogP contribution in [0.5, 0.6) is 0 Å². The molecule has 0 amide bonds. The van der Waals surface area contributed by atoms with E-state index in [4.69, 9.17) is 11.6 Å². The molecule has 0 saturated carbocycles. The number of rotatable bonds is 4. The average Bonchev–Trinajstić information content (AvgIpc) is 2.62. The Morgan fingerprint density at radius 3 is 2.58 bits per heavy atom. The first-order chi connectivity index (χ1) is 8.93. The Bertz CT molecular complexity index is 547. The second-order valence-electron chi connectivity index (χ2n) is 4.87. The molecule has 1 aliphatic rings. The van der Waals surface area contributed by atoms with Crippen LogP contribution in [0.25, 0.3) is 0 Å². The molecule has 2 atom stereocenters. The molecule has 0 aromatic heterocycles. The first-order valence-electron chi connectivity index (χ1n) is 6.29. The number of hydrogen-bond acceptors (Lipinski definition) is 4. The van der Waals surface area contributed by atoms with Crippen molar-refractivity contribution in [2.45, 2.75) is 25.6 Å². The van der Waals surface area contributed by atoms with E-state index >= 15 is 0 Å². The summed E-state index contributed by atoms with van der Waals surface area (Å²) >= 11 is 6.12. The molecule has 0 radical (unpaired) electrons. The largest absolute Gasteiger partial charge is 0.390 e. The van der Waals surface area contributed by atoms with Gasteiger partial charge in [0.25, 0.3) is 0 Å². The molecule has 1 fully saturated rings. The van der Waals surface area contributed by atoms with Crippen LogP contribution >= 0.6 is 11.6 Å². The molecule has 0 unspecified atom stereocenters. The van der Waals surface area contributed by atoms with E-state index in [9.17, 15) is 13.5 Å². The summed E-state index contributed by atoms with van der Waals surface area (Å²) in [6.45, 7) is 3.17. The maximum Gasteiger partial charge on any atom is 0.154 e. The van der Waals surface area contributed by atoms with Gasteiger partial charge in [0.1, 0.15) is 0 Å². The molecular formula is C13H18ClNO3S. The van der Waals surface area contributed by atoms with Gasteiger partial charge in [0, 0.05) is 11.6 Å². The fraction of sp³-hybridized carbons (Fsp3) is 0.538. The summed E-state index contributed by atoms with van der Waals surface area (Å²) in [5.41, 5.74) is 0.947. The van der Waals surface area contributed by atoms with Crippen LogP contribution < -0.4 is 0 Å². The van der Waals surface area contributed by atoms with Gasteiger partial charge in [0.05, 0.1) is 23.7 Å². The lowest BCUT2D eigenvalue weighted by Crippen LogP contribution is -2.42. The van der Waals surface area contributed by atoms with Gasteiger partial charge in [-0.25, -0.2) is 8.42 Å². The van der Waals surface area contributed by atoms with E-state index in [0.717, 1.165) is 5.56 Å². The van der Waals surface area contributed by atoms with Gasteiger partial charge in [-0.05, 0) is 18.2 Å². The predicted molar refractivity (Wildman–Crippen MR) is 76.0 cm³/mol. The molecule has 19 heavy (non-hydrogen) atoms. The van der Waals surface area contributed by atoms with Crippen molar-refractivity contribution in [2.75, 3.05) is 18.1 Å². The van der Waals surface area contributed by atoms with Gasteiger partial charge < -0.3 is 5.11 Å². The molecule has 0 spiro atoms. The van der Waals surface area contributed by atoms with Crippen LogP contribution in [0.4, 0.5) is 0 Å². The number of hydrogen-bond donors (Lipinski definition) is 1. The van der Waals surface area contributed by atoms with E-state index in [1.54, 1.807) is 0 Å². The number of aliphatic hydroxyl groups excluding tert-OH is 1. The van der Waals surface area contributed by atoms with Crippen molar-refractivity contribution in [3.63, 3.8) is 0 Å². The average molecular weight is 304 g/mol. The summed E-state index contributed by atoms with van der Waals surface area (Å²) in [4.78, 5) is 1.97. The standard InChI is InChI=1S/C13H18ClNO3S/c1-2-15(7-10-5-3-4-6-11(10)14)12-8-19(17,18)9-13(12)16/h3-6,12-13,16H,2,7-9H2,1H3/t12-,13-/m0/s1. The number of sulfone groups is 1. The van der Waals surface area contributed by atoms with Gasteiger partial charge in [0.15, 0.2) is 9.84 Å². The SMILES string of the molecule is CCN(Cc1ccccc1Cl)[C@H]1CS(=O)(=O)C[C@@H]1O. The molecule has 0 bridgehead atoms. The minimum Gasteiger partial charge on any atom is -0.390 e. The minimum absolute atomic E-state index is 0.0203. The predicted octanol–water partition coefficient (Wildman–Crippen LogP) is 1.32. The molecular weight excluding hydrogens is 286 g/mol. The van der Waals surface area contributed by atoms with Crippen LogP contribution in [0.1, 0.15) is 12.5 Å². The lowest BCUT2D eigenvalue weighted by Gasteiger charge is -2.29.